The molecule has 1 atom stereocenters. The number of carbonyl (C=O) groups excluding carboxylic acids is 2. The van der Waals surface area contributed by atoms with Gasteiger partial charge in [0.2, 0.25) is 11.8 Å². The molecule has 6 heteroatoms. The van der Waals surface area contributed by atoms with E-state index in [1.54, 1.807) is 18.8 Å². The third kappa shape index (κ3) is 9.30. The molecule has 0 bridgehead atoms. The maximum absolute atomic E-state index is 11.7. The van der Waals surface area contributed by atoms with E-state index in [1.807, 2.05) is 13.8 Å². The summed E-state index contributed by atoms with van der Waals surface area (Å²) in [7, 11) is 1.65. The molecule has 0 aromatic rings. The zero-order chi connectivity index (χ0) is 14.0. The Bertz CT molecular complexity index is 260. The summed E-state index contributed by atoms with van der Waals surface area (Å²) in [5.41, 5.74) is 5.62. The van der Waals surface area contributed by atoms with Crippen LogP contribution in [0, 0.1) is 0 Å². The van der Waals surface area contributed by atoms with Crippen molar-refractivity contribution >= 4 is 23.6 Å². The summed E-state index contributed by atoms with van der Waals surface area (Å²) in [5, 5.41) is 2.74. The lowest BCUT2D eigenvalue weighted by Crippen LogP contribution is -2.39. The molecule has 0 saturated carbocycles. The molecular formula is C12H25N3O2S. The highest BCUT2D eigenvalue weighted by Gasteiger charge is 2.12. The van der Waals surface area contributed by atoms with Crippen LogP contribution in [0.1, 0.15) is 26.7 Å². The minimum atomic E-state index is -0.103. The van der Waals surface area contributed by atoms with Crippen molar-refractivity contribution in [1.29, 1.82) is 0 Å². The van der Waals surface area contributed by atoms with Gasteiger partial charge < -0.3 is 16.0 Å². The lowest BCUT2D eigenvalue weighted by molar-refractivity contribution is -0.132. The number of thioether (sulfide) groups is 1. The highest BCUT2D eigenvalue weighted by Crippen LogP contribution is 2.05. The van der Waals surface area contributed by atoms with Gasteiger partial charge in [0.05, 0.1) is 12.3 Å². The second kappa shape index (κ2) is 10.2. The van der Waals surface area contributed by atoms with Gasteiger partial charge in [-0.1, -0.05) is 6.92 Å². The first kappa shape index (κ1) is 17.2. The fourth-order valence-corrected chi connectivity index (χ4v) is 2.24. The summed E-state index contributed by atoms with van der Waals surface area (Å²) in [6.45, 7) is 4.73. The first-order valence-corrected chi connectivity index (χ1v) is 7.46. The van der Waals surface area contributed by atoms with E-state index >= 15 is 0 Å². The number of nitrogens with two attached hydrogens (primary N) is 1. The molecule has 0 spiro atoms. The largest absolute Gasteiger partial charge is 0.355 e. The Morgan fingerprint density at radius 2 is 2.11 bits per heavy atom. The van der Waals surface area contributed by atoms with Gasteiger partial charge in [-0.05, 0) is 25.5 Å². The van der Waals surface area contributed by atoms with Crippen molar-refractivity contribution in [2.45, 2.75) is 32.7 Å². The first-order chi connectivity index (χ1) is 8.47. The zero-order valence-electron chi connectivity index (χ0n) is 11.6. The highest BCUT2D eigenvalue weighted by molar-refractivity contribution is 7.99. The average Bonchev–Trinajstić information content (AvgIpc) is 2.31. The zero-order valence-corrected chi connectivity index (χ0v) is 12.4. The van der Waals surface area contributed by atoms with Crippen molar-refractivity contribution in [3.8, 4) is 0 Å². The number of nitrogens with zero attached hydrogens (tertiary/aromatic N) is 1. The minimum Gasteiger partial charge on any atom is -0.355 e. The fraction of sp³-hybridized carbons (Fsp3) is 0.833. The van der Waals surface area contributed by atoms with Gasteiger partial charge >= 0.3 is 0 Å². The van der Waals surface area contributed by atoms with Gasteiger partial charge in [0, 0.05) is 19.6 Å². The molecular weight excluding hydrogens is 250 g/mol. The van der Waals surface area contributed by atoms with E-state index in [0.717, 1.165) is 18.6 Å². The Kier molecular flexibility index (Phi) is 9.77. The van der Waals surface area contributed by atoms with Crippen molar-refractivity contribution in [3.63, 3.8) is 0 Å². The van der Waals surface area contributed by atoms with E-state index < -0.39 is 0 Å². The number of rotatable bonds is 9. The first-order valence-electron chi connectivity index (χ1n) is 6.31. The number of likely N-dealkylation sites (N-methyl/N-ethyl adjacent to an activating group) is 1. The van der Waals surface area contributed by atoms with Crippen molar-refractivity contribution in [1.82, 2.24) is 10.2 Å². The summed E-state index contributed by atoms with van der Waals surface area (Å²) < 4.78 is 0. The van der Waals surface area contributed by atoms with E-state index in [1.165, 1.54) is 4.90 Å². The second-order valence-corrected chi connectivity index (χ2v) is 5.52. The van der Waals surface area contributed by atoms with Crippen LogP contribution in [0.4, 0.5) is 0 Å². The normalized spacial score (nSPS) is 12.0. The van der Waals surface area contributed by atoms with E-state index in [9.17, 15) is 9.59 Å². The molecule has 2 amide bonds. The number of amides is 2. The highest BCUT2D eigenvalue weighted by atomic mass is 32.2. The predicted molar refractivity (Wildman–Crippen MR) is 76.5 cm³/mol. The summed E-state index contributed by atoms with van der Waals surface area (Å²) in [5.74, 6) is 1.16. The van der Waals surface area contributed by atoms with Gasteiger partial charge in [0.25, 0.3) is 0 Å². The molecule has 0 aliphatic rings. The van der Waals surface area contributed by atoms with E-state index in [4.69, 9.17) is 5.73 Å². The Morgan fingerprint density at radius 1 is 1.44 bits per heavy atom. The SMILES string of the molecule is CCCNC(=O)CN(C)C(=O)CSCCC(C)N. The summed E-state index contributed by atoms with van der Waals surface area (Å²) in [6, 6.07) is 0.171. The standard InChI is InChI=1S/C12H25N3O2S/c1-4-6-14-11(16)8-15(3)12(17)9-18-7-5-10(2)13/h10H,4-9,13H2,1-3H3,(H,14,16). The van der Waals surface area contributed by atoms with E-state index in [-0.39, 0.29) is 24.4 Å². The van der Waals surface area contributed by atoms with E-state index in [0.29, 0.717) is 12.3 Å². The van der Waals surface area contributed by atoms with Crippen LogP contribution < -0.4 is 11.1 Å². The van der Waals surface area contributed by atoms with Gasteiger partial charge in [0.1, 0.15) is 0 Å². The fourth-order valence-electron chi connectivity index (χ4n) is 1.16. The third-order valence-corrected chi connectivity index (χ3v) is 3.30. The van der Waals surface area contributed by atoms with Gasteiger partial charge in [-0.25, -0.2) is 0 Å². The average molecular weight is 275 g/mol. The molecule has 1 unspecified atom stereocenters. The summed E-state index contributed by atoms with van der Waals surface area (Å²) >= 11 is 1.56. The molecule has 0 rings (SSSR count). The molecule has 106 valence electrons. The molecule has 0 aliphatic carbocycles. The number of hydrogen-bond donors (Lipinski definition) is 2. The third-order valence-electron chi connectivity index (χ3n) is 2.32. The van der Waals surface area contributed by atoms with Crippen LogP contribution >= 0.6 is 11.8 Å². The molecule has 0 aliphatic heterocycles. The molecule has 5 nitrogen and oxygen atoms in total. The van der Waals surface area contributed by atoms with Crippen LogP contribution in [0.5, 0.6) is 0 Å². The lowest BCUT2D eigenvalue weighted by Gasteiger charge is -2.16. The maximum atomic E-state index is 11.7. The van der Waals surface area contributed by atoms with Crippen molar-refractivity contribution < 1.29 is 9.59 Å². The Morgan fingerprint density at radius 3 is 2.67 bits per heavy atom. The molecule has 0 aromatic carbocycles. The molecule has 0 heterocycles. The van der Waals surface area contributed by atoms with Crippen LogP contribution in [0.2, 0.25) is 0 Å². The van der Waals surface area contributed by atoms with Crippen molar-refractivity contribution in [2.75, 3.05) is 31.6 Å². The van der Waals surface area contributed by atoms with Crippen LogP contribution in [0.3, 0.4) is 0 Å². The molecule has 0 aromatic heterocycles. The van der Waals surface area contributed by atoms with Crippen LogP contribution in [-0.2, 0) is 9.59 Å². The summed E-state index contributed by atoms with van der Waals surface area (Å²) in [4.78, 5) is 24.6. The van der Waals surface area contributed by atoms with Crippen LogP contribution in [0.25, 0.3) is 0 Å². The number of hydrogen-bond acceptors (Lipinski definition) is 4. The Balaban J connectivity index is 3.72. The van der Waals surface area contributed by atoms with Crippen LogP contribution in [-0.4, -0.2) is 54.4 Å². The molecule has 0 radical (unpaired) electrons. The van der Waals surface area contributed by atoms with Gasteiger partial charge in [-0.3, -0.25) is 9.59 Å². The Hall–Kier alpha value is -0.750. The minimum absolute atomic E-state index is 0.0173. The topological polar surface area (TPSA) is 75.4 Å². The van der Waals surface area contributed by atoms with Gasteiger partial charge in [0.15, 0.2) is 0 Å². The van der Waals surface area contributed by atoms with Crippen LogP contribution in [0.15, 0.2) is 0 Å². The summed E-state index contributed by atoms with van der Waals surface area (Å²) in [6.07, 6.45) is 1.80. The molecule has 0 fully saturated rings. The number of carbonyl (C=O) groups is 2. The molecule has 0 saturated heterocycles. The quantitative estimate of drug-likeness (QED) is 0.599. The smallest absolute Gasteiger partial charge is 0.239 e. The maximum Gasteiger partial charge on any atom is 0.239 e. The number of nitrogens with one attached hydrogen (secondary N) is 1. The lowest BCUT2D eigenvalue weighted by atomic mass is 10.3. The molecule has 18 heavy (non-hydrogen) atoms. The predicted octanol–water partition coefficient (Wildman–Crippen LogP) is 0.442. The monoisotopic (exact) mass is 275 g/mol. The second-order valence-electron chi connectivity index (χ2n) is 4.42. The molecule has 3 N–H and O–H groups in total. The van der Waals surface area contributed by atoms with Crippen molar-refractivity contribution in [2.24, 2.45) is 5.73 Å². The van der Waals surface area contributed by atoms with Gasteiger partial charge in [-0.15, -0.1) is 0 Å². The van der Waals surface area contributed by atoms with Crippen molar-refractivity contribution in [3.05, 3.63) is 0 Å². The van der Waals surface area contributed by atoms with E-state index in [2.05, 4.69) is 5.32 Å². The Labute approximate surface area is 114 Å². The van der Waals surface area contributed by atoms with Gasteiger partial charge in [-0.2, -0.15) is 11.8 Å².